The Bertz CT molecular complexity index is 847. The van der Waals surface area contributed by atoms with Crippen molar-refractivity contribution in [2.45, 2.75) is 43.6 Å². The molecule has 1 aliphatic heterocycles. The van der Waals surface area contributed by atoms with E-state index in [9.17, 15) is 14.9 Å². The number of nitro groups is 1. The van der Waals surface area contributed by atoms with Gasteiger partial charge in [0.05, 0.1) is 15.1 Å². The van der Waals surface area contributed by atoms with Crippen LogP contribution in [0.2, 0.25) is 0 Å². The molecule has 0 spiro atoms. The average Bonchev–Trinajstić information content (AvgIpc) is 3.00. The van der Waals surface area contributed by atoms with Crippen LogP contribution in [0.5, 0.6) is 0 Å². The molecule has 1 saturated heterocycles. The highest BCUT2D eigenvalue weighted by molar-refractivity contribution is 8.01. The molecule has 7 nitrogen and oxygen atoms in total. The molecule has 2 heterocycles. The molecule has 2 aromatic rings. The van der Waals surface area contributed by atoms with Gasteiger partial charge in [0.25, 0.3) is 5.69 Å². The van der Waals surface area contributed by atoms with Crippen LogP contribution in [-0.4, -0.2) is 45.3 Å². The van der Waals surface area contributed by atoms with E-state index < -0.39 is 5.60 Å². The van der Waals surface area contributed by atoms with E-state index in [1.165, 1.54) is 17.4 Å². The van der Waals surface area contributed by atoms with Crippen LogP contribution < -0.4 is 0 Å². The molecule has 0 N–H and O–H groups in total. The van der Waals surface area contributed by atoms with Crippen LogP contribution in [0, 0.1) is 16.0 Å². The van der Waals surface area contributed by atoms with Crippen molar-refractivity contribution in [3.05, 3.63) is 28.3 Å². The molecule has 9 heteroatoms. The van der Waals surface area contributed by atoms with E-state index >= 15 is 0 Å². The van der Waals surface area contributed by atoms with Gasteiger partial charge in [-0.3, -0.25) is 10.1 Å². The van der Waals surface area contributed by atoms with Crippen LogP contribution in [0.1, 0.15) is 33.6 Å². The minimum Gasteiger partial charge on any atom is -0.444 e. The first kappa shape index (κ1) is 19.9. The van der Waals surface area contributed by atoms with Crippen LogP contribution in [0.15, 0.2) is 22.5 Å². The first-order valence-electron chi connectivity index (χ1n) is 8.87. The van der Waals surface area contributed by atoms with E-state index in [2.05, 4.69) is 4.98 Å². The Labute approximate surface area is 166 Å². The number of carbonyl (C=O) groups is 1. The van der Waals surface area contributed by atoms with Gasteiger partial charge in [-0.15, -0.1) is 11.3 Å². The summed E-state index contributed by atoms with van der Waals surface area (Å²) in [7, 11) is 0. The van der Waals surface area contributed by atoms with Gasteiger partial charge in [-0.2, -0.15) is 0 Å². The Balaban J connectivity index is 1.58. The minimum atomic E-state index is -0.484. The minimum absolute atomic E-state index is 0.0861. The molecule has 146 valence electrons. The molecule has 0 saturated carbocycles. The number of benzene rings is 1. The van der Waals surface area contributed by atoms with Crippen molar-refractivity contribution in [3.8, 4) is 0 Å². The van der Waals surface area contributed by atoms with Crippen molar-refractivity contribution in [2.75, 3.05) is 18.8 Å². The molecule has 0 bridgehead atoms. The van der Waals surface area contributed by atoms with Gasteiger partial charge in [-0.05, 0) is 45.6 Å². The number of thioether (sulfide) groups is 1. The van der Waals surface area contributed by atoms with Crippen molar-refractivity contribution in [2.24, 2.45) is 5.92 Å². The third-order valence-electron chi connectivity index (χ3n) is 4.18. The third kappa shape index (κ3) is 5.32. The van der Waals surface area contributed by atoms with Gasteiger partial charge in [0.15, 0.2) is 4.34 Å². The molecule has 0 radical (unpaired) electrons. The second-order valence-corrected chi connectivity index (χ2v) is 9.93. The fourth-order valence-corrected chi connectivity index (χ4v) is 5.20. The van der Waals surface area contributed by atoms with Crippen molar-refractivity contribution in [1.29, 1.82) is 0 Å². The monoisotopic (exact) mass is 409 g/mol. The first-order valence-corrected chi connectivity index (χ1v) is 10.7. The fourth-order valence-electron chi connectivity index (χ4n) is 2.95. The smallest absolute Gasteiger partial charge is 0.410 e. The summed E-state index contributed by atoms with van der Waals surface area (Å²) in [6, 6.07) is 4.75. The van der Waals surface area contributed by atoms with Gasteiger partial charge >= 0.3 is 6.09 Å². The van der Waals surface area contributed by atoms with Crippen LogP contribution in [0.4, 0.5) is 10.5 Å². The van der Waals surface area contributed by atoms with E-state index in [0.717, 1.165) is 39.7 Å². The molecule has 1 aromatic heterocycles. The number of nitrogens with zero attached hydrogens (tertiary/aromatic N) is 3. The third-order valence-corrected chi connectivity index (χ3v) is 6.57. The molecular weight excluding hydrogens is 386 g/mol. The fraction of sp³-hybridized carbons (Fsp3) is 0.556. The van der Waals surface area contributed by atoms with Gasteiger partial charge in [0, 0.05) is 31.0 Å². The Kier molecular flexibility index (Phi) is 5.90. The summed E-state index contributed by atoms with van der Waals surface area (Å²) in [5.74, 6) is 1.25. The zero-order valence-corrected chi connectivity index (χ0v) is 17.3. The van der Waals surface area contributed by atoms with Gasteiger partial charge in [-0.1, -0.05) is 11.8 Å². The highest BCUT2D eigenvalue weighted by atomic mass is 32.2. The lowest BCUT2D eigenvalue weighted by Gasteiger charge is -2.33. The molecule has 1 unspecified atom stereocenters. The van der Waals surface area contributed by atoms with E-state index in [1.54, 1.807) is 28.8 Å². The highest BCUT2D eigenvalue weighted by Crippen LogP contribution is 2.34. The number of rotatable bonds is 4. The maximum absolute atomic E-state index is 12.3. The second-order valence-electron chi connectivity index (χ2n) is 7.63. The lowest BCUT2D eigenvalue weighted by Crippen LogP contribution is -2.43. The maximum atomic E-state index is 12.3. The molecule has 1 aromatic carbocycles. The van der Waals surface area contributed by atoms with Gasteiger partial charge < -0.3 is 9.64 Å². The Morgan fingerprint density at radius 1 is 1.48 bits per heavy atom. The molecule has 1 amide bonds. The van der Waals surface area contributed by atoms with E-state index in [-0.39, 0.29) is 16.7 Å². The van der Waals surface area contributed by atoms with Gasteiger partial charge in [0.2, 0.25) is 0 Å². The van der Waals surface area contributed by atoms with Crippen LogP contribution >= 0.6 is 23.1 Å². The summed E-state index contributed by atoms with van der Waals surface area (Å²) in [6.45, 7) is 7.05. The van der Waals surface area contributed by atoms with Crippen molar-refractivity contribution < 1.29 is 14.5 Å². The Hall–Kier alpha value is -1.87. The zero-order chi connectivity index (χ0) is 19.6. The lowest BCUT2D eigenvalue weighted by molar-refractivity contribution is -0.384. The topological polar surface area (TPSA) is 85.6 Å². The maximum Gasteiger partial charge on any atom is 0.410 e. The molecule has 27 heavy (non-hydrogen) atoms. The number of carbonyl (C=O) groups excluding carboxylic acids is 1. The summed E-state index contributed by atoms with van der Waals surface area (Å²) < 4.78 is 7.20. The first-order chi connectivity index (χ1) is 12.7. The van der Waals surface area contributed by atoms with Crippen LogP contribution in [0.3, 0.4) is 0 Å². The summed E-state index contributed by atoms with van der Waals surface area (Å²) in [5.41, 5.74) is 0.387. The van der Waals surface area contributed by atoms with Crippen LogP contribution in [0.25, 0.3) is 10.2 Å². The lowest BCUT2D eigenvalue weighted by atomic mass is 10.0. The Morgan fingerprint density at radius 2 is 2.26 bits per heavy atom. The predicted molar refractivity (Wildman–Crippen MR) is 108 cm³/mol. The zero-order valence-electron chi connectivity index (χ0n) is 15.6. The van der Waals surface area contributed by atoms with E-state index in [0.29, 0.717) is 12.5 Å². The quantitative estimate of drug-likeness (QED) is 0.404. The predicted octanol–water partition coefficient (Wildman–Crippen LogP) is 4.94. The second kappa shape index (κ2) is 8.02. The van der Waals surface area contributed by atoms with Gasteiger partial charge in [0.1, 0.15) is 5.60 Å². The summed E-state index contributed by atoms with van der Waals surface area (Å²) in [6.07, 6.45) is 1.80. The standard InChI is InChI=1S/C18H23N3O4S2/c1-18(2,3)25-17(22)20-8-4-5-12(10-20)11-26-16-19-14-7-6-13(21(23)24)9-15(14)27-16/h6-7,9,12H,4-5,8,10-11H2,1-3H3. The Morgan fingerprint density at radius 3 is 2.96 bits per heavy atom. The number of hydrogen-bond donors (Lipinski definition) is 0. The number of likely N-dealkylation sites (tertiary alicyclic amines) is 1. The molecule has 1 atom stereocenters. The van der Waals surface area contributed by atoms with Crippen molar-refractivity contribution in [3.63, 3.8) is 0 Å². The number of fused-ring (bicyclic) bond motifs is 1. The highest BCUT2D eigenvalue weighted by Gasteiger charge is 2.27. The van der Waals surface area contributed by atoms with Gasteiger partial charge in [-0.25, -0.2) is 9.78 Å². The number of nitro benzene ring substituents is 1. The molecule has 0 aliphatic carbocycles. The van der Waals surface area contributed by atoms with Crippen LogP contribution in [-0.2, 0) is 4.74 Å². The number of non-ortho nitro benzene ring substituents is 1. The molecule has 3 rings (SSSR count). The van der Waals surface area contributed by atoms with Crippen molar-refractivity contribution >= 4 is 45.1 Å². The number of amides is 1. The normalized spacial score (nSPS) is 17.9. The number of aromatic nitrogens is 1. The van der Waals surface area contributed by atoms with Crippen molar-refractivity contribution in [1.82, 2.24) is 9.88 Å². The number of piperidine rings is 1. The largest absolute Gasteiger partial charge is 0.444 e. The summed E-state index contributed by atoms with van der Waals surface area (Å²) >= 11 is 3.13. The summed E-state index contributed by atoms with van der Waals surface area (Å²) in [5, 5.41) is 10.9. The SMILES string of the molecule is CC(C)(C)OC(=O)N1CCCC(CSc2nc3ccc([N+](=O)[O-])cc3s2)C1. The number of ether oxygens (including phenoxy) is 1. The number of thiazole rings is 1. The number of hydrogen-bond acceptors (Lipinski definition) is 7. The molecular formula is C18H23N3O4S2. The summed E-state index contributed by atoms with van der Waals surface area (Å²) in [4.78, 5) is 29.1. The van der Waals surface area contributed by atoms with E-state index in [1.807, 2.05) is 20.8 Å². The average molecular weight is 410 g/mol. The van der Waals surface area contributed by atoms with E-state index in [4.69, 9.17) is 4.74 Å². The molecule has 1 fully saturated rings. The molecule has 1 aliphatic rings.